The van der Waals surface area contributed by atoms with Gasteiger partial charge in [0.2, 0.25) is 11.8 Å². The maximum atomic E-state index is 12.5. The van der Waals surface area contributed by atoms with E-state index >= 15 is 0 Å². The van der Waals surface area contributed by atoms with Crippen molar-refractivity contribution in [2.24, 2.45) is 0 Å². The molecule has 1 aliphatic heterocycles. The highest BCUT2D eigenvalue weighted by molar-refractivity contribution is 6.30. The molecule has 6 nitrogen and oxygen atoms in total. The molecule has 0 spiro atoms. The third kappa shape index (κ3) is 4.45. The minimum atomic E-state index is -0.988. The zero-order chi connectivity index (χ0) is 17.0. The van der Waals surface area contributed by atoms with E-state index in [4.69, 9.17) is 11.6 Å². The summed E-state index contributed by atoms with van der Waals surface area (Å²) in [4.78, 5) is 36.5. The number of nitrogens with zero attached hydrogens (tertiary/aromatic N) is 1. The molecule has 23 heavy (non-hydrogen) atoms. The Bertz CT molecular complexity index is 603. The van der Waals surface area contributed by atoms with Gasteiger partial charge in [-0.15, -0.1) is 0 Å². The summed E-state index contributed by atoms with van der Waals surface area (Å²) in [6, 6.07) is 5.58. The van der Waals surface area contributed by atoms with Crippen LogP contribution in [0.2, 0.25) is 5.02 Å². The molecule has 0 saturated carbocycles. The molecule has 1 heterocycles. The van der Waals surface area contributed by atoms with Crippen LogP contribution in [0.1, 0.15) is 37.8 Å². The fourth-order valence-electron chi connectivity index (χ4n) is 2.81. The number of aliphatic carboxylic acids is 1. The summed E-state index contributed by atoms with van der Waals surface area (Å²) >= 11 is 5.86. The van der Waals surface area contributed by atoms with Crippen molar-refractivity contribution in [1.29, 1.82) is 0 Å². The van der Waals surface area contributed by atoms with E-state index in [0.717, 1.165) is 5.56 Å². The van der Waals surface area contributed by atoms with Gasteiger partial charge in [-0.05, 0) is 30.5 Å². The van der Waals surface area contributed by atoms with Crippen LogP contribution in [0.4, 0.5) is 0 Å². The summed E-state index contributed by atoms with van der Waals surface area (Å²) in [7, 11) is 0. The lowest BCUT2D eigenvalue weighted by molar-refractivity contribution is -0.148. The highest BCUT2D eigenvalue weighted by Crippen LogP contribution is 2.24. The number of rotatable bonds is 5. The van der Waals surface area contributed by atoms with Crippen LogP contribution in [0.25, 0.3) is 0 Å². The van der Waals surface area contributed by atoms with Crippen molar-refractivity contribution in [3.05, 3.63) is 34.9 Å². The molecule has 1 fully saturated rings. The number of hydrogen-bond donors (Lipinski definition) is 2. The molecule has 0 aliphatic carbocycles. The first kappa shape index (κ1) is 17.3. The second-order valence-corrected chi connectivity index (χ2v) is 6.03. The van der Waals surface area contributed by atoms with E-state index in [0.29, 0.717) is 24.4 Å². The Labute approximate surface area is 139 Å². The Balaban J connectivity index is 2.14. The van der Waals surface area contributed by atoms with Crippen LogP contribution in [-0.4, -0.2) is 40.4 Å². The number of nitrogens with one attached hydrogen (secondary N) is 1. The molecule has 2 unspecified atom stereocenters. The van der Waals surface area contributed by atoms with Crippen molar-refractivity contribution in [2.45, 2.75) is 38.3 Å². The van der Waals surface area contributed by atoms with Gasteiger partial charge in [-0.3, -0.25) is 9.59 Å². The van der Waals surface area contributed by atoms with E-state index in [1.807, 2.05) is 0 Å². The molecule has 2 N–H and O–H groups in total. The van der Waals surface area contributed by atoms with E-state index in [1.165, 1.54) is 11.8 Å². The van der Waals surface area contributed by atoms with E-state index < -0.39 is 18.1 Å². The molecule has 0 bridgehead atoms. The Morgan fingerprint density at radius 1 is 1.35 bits per heavy atom. The second kappa shape index (κ2) is 7.46. The van der Waals surface area contributed by atoms with Crippen molar-refractivity contribution >= 4 is 29.4 Å². The minimum absolute atomic E-state index is 0.0188. The number of carbonyl (C=O) groups is 3. The van der Waals surface area contributed by atoms with Gasteiger partial charge in [0.25, 0.3) is 0 Å². The van der Waals surface area contributed by atoms with E-state index in [-0.39, 0.29) is 18.2 Å². The molecular formula is C16H19ClN2O4. The molecule has 1 aromatic rings. The molecule has 2 amide bonds. The predicted octanol–water partition coefficient (Wildman–Crippen LogP) is 1.98. The number of amides is 2. The van der Waals surface area contributed by atoms with Crippen molar-refractivity contribution in [3.8, 4) is 0 Å². The van der Waals surface area contributed by atoms with Gasteiger partial charge in [0, 0.05) is 18.5 Å². The number of hydrogen-bond acceptors (Lipinski definition) is 3. The first-order valence-electron chi connectivity index (χ1n) is 7.43. The Hall–Kier alpha value is -2.08. The second-order valence-electron chi connectivity index (χ2n) is 5.59. The summed E-state index contributed by atoms with van der Waals surface area (Å²) in [5, 5.41) is 12.5. The average molecular weight is 339 g/mol. The van der Waals surface area contributed by atoms with Crippen molar-refractivity contribution in [3.63, 3.8) is 0 Å². The molecule has 2 atom stereocenters. The third-order valence-corrected chi connectivity index (χ3v) is 4.14. The highest BCUT2D eigenvalue weighted by Gasteiger charge is 2.34. The molecule has 1 aromatic carbocycles. The zero-order valence-corrected chi connectivity index (χ0v) is 13.5. The number of carboxylic acid groups (broad SMARTS) is 1. The molecular weight excluding hydrogens is 320 g/mol. The van der Waals surface area contributed by atoms with Crippen molar-refractivity contribution in [2.75, 3.05) is 6.54 Å². The molecule has 2 rings (SSSR count). The standard InChI is InChI=1S/C16H19ClN2O4/c1-10(20)18-13(11-4-6-12(17)7-5-11)9-15(21)19-8-2-3-14(19)16(22)23/h4-7,13-14H,2-3,8-9H2,1H3,(H,18,20)(H,22,23). The maximum absolute atomic E-state index is 12.5. The van der Waals surface area contributed by atoms with Gasteiger partial charge in [-0.25, -0.2) is 4.79 Å². The predicted molar refractivity (Wildman–Crippen MR) is 85.0 cm³/mol. The average Bonchev–Trinajstić information content (AvgIpc) is 2.96. The van der Waals surface area contributed by atoms with Crippen molar-refractivity contribution < 1.29 is 19.5 Å². The van der Waals surface area contributed by atoms with Crippen LogP contribution < -0.4 is 5.32 Å². The first-order chi connectivity index (χ1) is 10.9. The fourth-order valence-corrected chi connectivity index (χ4v) is 2.93. The van der Waals surface area contributed by atoms with Gasteiger partial charge in [0.1, 0.15) is 6.04 Å². The van der Waals surface area contributed by atoms with Gasteiger partial charge in [0.15, 0.2) is 0 Å². The monoisotopic (exact) mass is 338 g/mol. The smallest absolute Gasteiger partial charge is 0.326 e. The summed E-state index contributed by atoms with van der Waals surface area (Å²) in [5.74, 6) is -1.52. The van der Waals surface area contributed by atoms with Gasteiger partial charge in [-0.2, -0.15) is 0 Å². The van der Waals surface area contributed by atoms with Crippen LogP contribution in [0, 0.1) is 0 Å². The molecule has 0 aromatic heterocycles. The Morgan fingerprint density at radius 3 is 2.57 bits per heavy atom. The summed E-state index contributed by atoms with van der Waals surface area (Å²) in [6.07, 6.45) is 1.16. The summed E-state index contributed by atoms with van der Waals surface area (Å²) in [5.41, 5.74) is 0.754. The van der Waals surface area contributed by atoms with E-state index in [1.54, 1.807) is 24.3 Å². The lowest BCUT2D eigenvalue weighted by atomic mass is 10.0. The first-order valence-corrected chi connectivity index (χ1v) is 7.81. The van der Waals surface area contributed by atoms with E-state index in [2.05, 4.69) is 5.32 Å². The van der Waals surface area contributed by atoms with Gasteiger partial charge >= 0.3 is 5.97 Å². The number of carboxylic acids is 1. The van der Waals surface area contributed by atoms with Crippen LogP contribution >= 0.6 is 11.6 Å². The number of benzene rings is 1. The summed E-state index contributed by atoms with van der Waals surface area (Å²) in [6.45, 7) is 1.81. The van der Waals surface area contributed by atoms with Crippen molar-refractivity contribution in [1.82, 2.24) is 10.2 Å². The number of likely N-dealkylation sites (tertiary alicyclic amines) is 1. The quantitative estimate of drug-likeness (QED) is 0.859. The van der Waals surface area contributed by atoms with Crippen LogP contribution in [0.3, 0.4) is 0 Å². The fraction of sp³-hybridized carbons (Fsp3) is 0.438. The van der Waals surface area contributed by atoms with Gasteiger partial charge < -0.3 is 15.3 Å². The molecule has 1 aliphatic rings. The SMILES string of the molecule is CC(=O)NC(CC(=O)N1CCCC1C(=O)O)c1ccc(Cl)cc1. The maximum Gasteiger partial charge on any atom is 0.326 e. The Morgan fingerprint density at radius 2 is 2.00 bits per heavy atom. The lowest BCUT2D eigenvalue weighted by Gasteiger charge is -2.25. The number of carbonyl (C=O) groups excluding carboxylic acids is 2. The molecule has 124 valence electrons. The lowest BCUT2D eigenvalue weighted by Crippen LogP contribution is -2.42. The van der Waals surface area contributed by atoms with Crippen LogP contribution in [-0.2, 0) is 14.4 Å². The van der Waals surface area contributed by atoms with Gasteiger partial charge in [0.05, 0.1) is 12.5 Å². The molecule has 1 saturated heterocycles. The molecule has 7 heteroatoms. The summed E-state index contributed by atoms with van der Waals surface area (Å²) < 4.78 is 0. The van der Waals surface area contributed by atoms with E-state index in [9.17, 15) is 19.5 Å². The Kier molecular flexibility index (Phi) is 5.60. The van der Waals surface area contributed by atoms with Crippen LogP contribution in [0.5, 0.6) is 0 Å². The normalized spacial score (nSPS) is 18.5. The van der Waals surface area contributed by atoms with Gasteiger partial charge in [-0.1, -0.05) is 23.7 Å². The zero-order valence-electron chi connectivity index (χ0n) is 12.8. The minimum Gasteiger partial charge on any atom is -0.480 e. The number of halogens is 1. The molecule has 0 radical (unpaired) electrons. The third-order valence-electron chi connectivity index (χ3n) is 3.89. The van der Waals surface area contributed by atoms with Crippen LogP contribution in [0.15, 0.2) is 24.3 Å². The largest absolute Gasteiger partial charge is 0.480 e. The highest BCUT2D eigenvalue weighted by atomic mass is 35.5. The topological polar surface area (TPSA) is 86.7 Å².